The van der Waals surface area contributed by atoms with E-state index in [1.807, 2.05) is 60.7 Å². The number of hydrogen-bond donors (Lipinski definition) is 0. The van der Waals surface area contributed by atoms with Gasteiger partial charge < -0.3 is 9.15 Å². The van der Waals surface area contributed by atoms with Crippen molar-refractivity contribution in [3.05, 3.63) is 99.6 Å². The molecule has 9 heteroatoms. The molecule has 4 aromatic rings. The smallest absolute Gasteiger partial charge is 0.287 e. The fourth-order valence-corrected chi connectivity index (χ4v) is 3.69. The molecule has 0 aliphatic heterocycles. The van der Waals surface area contributed by atoms with E-state index in [4.69, 9.17) is 44.6 Å². The molecule has 1 heterocycles. The molecule has 0 fully saturated rings. The SMILES string of the molecule is O=C(Cn1nc(COc2ccc(Cl)cc2Cl)oc1=S)N(c1ccccc1)c1ccccc1. The largest absolute Gasteiger partial charge is 0.482 e. The molecule has 0 N–H and O–H groups in total. The van der Waals surface area contributed by atoms with Gasteiger partial charge in [0, 0.05) is 16.4 Å². The summed E-state index contributed by atoms with van der Waals surface area (Å²) in [4.78, 5) is 14.9. The monoisotopic (exact) mass is 485 g/mol. The third-order valence-electron chi connectivity index (χ3n) is 4.46. The van der Waals surface area contributed by atoms with E-state index < -0.39 is 0 Å². The van der Waals surface area contributed by atoms with E-state index in [9.17, 15) is 4.79 Å². The normalized spacial score (nSPS) is 10.7. The first kappa shape index (κ1) is 22.1. The summed E-state index contributed by atoms with van der Waals surface area (Å²) in [7, 11) is 0. The molecule has 1 amide bonds. The van der Waals surface area contributed by atoms with E-state index in [0.717, 1.165) is 11.4 Å². The Labute approximate surface area is 199 Å². The van der Waals surface area contributed by atoms with Crippen molar-refractivity contribution in [1.29, 1.82) is 0 Å². The first-order valence-corrected chi connectivity index (χ1v) is 10.8. The van der Waals surface area contributed by atoms with Crippen LogP contribution in [0.2, 0.25) is 10.0 Å². The Hall–Kier alpha value is -3.13. The number of carbonyl (C=O) groups excluding carboxylic acids is 1. The number of aromatic nitrogens is 2. The quantitative estimate of drug-likeness (QED) is 0.281. The standard InChI is InChI=1S/C23H17Cl2N3O3S/c24-16-11-12-20(19(25)13-16)30-15-21-26-27(23(32)31-21)14-22(29)28(17-7-3-1-4-8-17)18-9-5-2-6-10-18/h1-13H,14-15H2. The van der Waals surface area contributed by atoms with Gasteiger partial charge in [0.25, 0.3) is 16.6 Å². The highest BCUT2D eigenvalue weighted by atomic mass is 35.5. The molecule has 0 saturated heterocycles. The van der Waals surface area contributed by atoms with Gasteiger partial charge in [0.05, 0.1) is 5.02 Å². The fourth-order valence-electron chi connectivity index (χ4n) is 3.03. The van der Waals surface area contributed by atoms with Crippen LogP contribution in [-0.2, 0) is 17.9 Å². The van der Waals surface area contributed by atoms with E-state index in [0.29, 0.717) is 15.8 Å². The summed E-state index contributed by atoms with van der Waals surface area (Å²) in [5.74, 6) is 0.432. The molecule has 1 aromatic heterocycles. The van der Waals surface area contributed by atoms with Crippen LogP contribution in [0.1, 0.15) is 5.89 Å². The maximum absolute atomic E-state index is 13.2. The van der Waals surface area contributed by atoms with Crippen molar-refractivity contribution in [2.24, 2.45) is 0 Å². The Bertz CT molecular complexity index is 1240. The molecule has 0 aliphatic rings. The van der Waals surface area contributed by atoms with Gasteiger partial charge >= 0.3 is 0 Å². The summed E-state index contributed by atoms with van der Waals surface area (Å²) >= 11 is 17.3. The molecule has 4 rings (SSSR count). The minimum absolute atomic E-state index is 0.00668. The minimum atomic E-state index is -0.222. The summed E-state index contributed by atoms with van der Waals surface area (Å²) in [5, 5.41) is 5.16. The number of para-hydroxylation sites is 2. The molecule has 3 aromatic carbocycles. The van der Waals surface area contributed by atoms with Crippen LogP contribution in [-0.4, -0.2) is 15.7 Å². The average molecular weight is 486 g/mol. The van der Waals surface area contributed by atoms with Crippen LogP contribution in [0.15, 0.2) is 83.3 Å². The van der Waals surface area contributed by atoms with E-state index in [2.05, 4.69) is 5.10 Å². The summed E-state index contributed by atoms with van der Waals surface area (Å²) in [6.07, 6.45) is 0. The van der Waals surface area contributed by atoms with Crippen LogP contribution in [0.3, 0.4) is 0 Å². The lowest BCUT2D eigenvalue weighted by atomic mass is 10.2. The third-order valence-corrected chi connectivity index (χ3v) is 5.28. The van der Waals surface area contributed by atoms with E-state index >= 15 is 0 Å². The van der Waals surface area contributed by atoms with Gasteiger partial charge in [0.1, 0.15) is 12.3 Å². The Morgan fingerprint density at radius 2 is 1.62 bits per heavy atom. The second-order valence-corrected chi connectivity index (χ2v) is 7.88. The highest BCUT2D eigenvalue weighted by Gasteiger charge is 2.20. The van der Waals surface area contributed by atoms with Gasteiger partial charge in [-0.2, -0.15) is 0 Å². The van der Waals surface area contributed by atoms with Crippen molar-refractivity contribution in [2.45, 2.75) is 13.2 Å². The second-order valence-electron chi connectivity index (χ2n) is 6.68. The Balaban J connectivity index is 1.52. The lowest BCUT2D eigenvalue weighted by Crippen LogP contribution is -2.30. The Morgan fingerprint density at radius 1 is 1.00 bits per heavy atom. The van der Waals surface area contributed by atoms with Gasteiger partial charge in [-0.1, -0.05) is 59.6 Å². The minimum Gasteiger partial charge on any atom is -0.482 e. The van der Waals surface area contributed by atoms with Gasteiger partial charge in [-0.25, -0.2) is 4.68 Å². The zero-order valence-corrected chi connectivity index (χ0v) is 19.0. The van der Waals surface area contributed by atoms with E-state index in [-0.39, 0.29) is 29.8 Å². The van der Waals surface area contributed by atoms with Crippen LogP contribution < -0.4 is 9.64 Å². The zero-order chi connectivity index (χ0) is 22.5. The summed E-state index contributed by atoms with van der Waals surface area (Å²) < 4.78 is 12.5. The van der Waals surface area contributed by atoms with Crippen molar-refractivity contribution in [2.75, 3.05) is 4.90 Å². The van der Waals surface area contributed by atoms with Gasteiger partial charge in [0.2, 0.25) is 0 Å². The third kappa shape index (κ3) is 5.19. The van der Waals surface area contributed by atoms with Crippen LogP contribution in [0.5, 0.6) is 5.75 Å². The Kier molecular flexibility index (Phi) is 6.90. The van der Waals surface area contributed by atoms with E-state index in [1.54, 1.807) is 23.1 Å². The molecule has 162 valence electrons. The molecule has 0 atom stereocenters. The maximum atomic E-state index is 13.2. The predicted octanol–water partition coefficient (Wildman–Crippen LogP) is 6.46. The molecule has 0 saturated carbocycles. The number of carbonyl (C=O) groups is 1. The molecule has 0 spiro atoms. The Morgan fingerprint density at radius 3 is 2.22 bits per heavy atom. The predicted molar refractivity (Wildman–Crippen MR) is 126 cm³/mol. The van der Waals surface area contributed by atoms with Crippen LogP contribution >= 0.6 is 35.4 Å². The maximum Gasteiger partial charge on any atom is 0.287 e. The number of ether oxygens (including phenoxy) is 1. The number of anilines is 2. The van der Waals surface area contributed by atoms with Gasteiger partial charge in [-0.05, 0) is 54.7 Å². The van der Waals surface area contributed by atoms with Crippen molar-refractivity contribution in [3.63, 3.8) is 0 Å². The molecule has 32 heavy (non-hydrogen) atoms. The van der Waals surface area contributed by atoms with Gasteiger partial charge in [-0.15, -0.1) is 5.10 Å². The molecular weight excluding hydrogens is 469 g/mol. The molecule has 0 bridgehead atoms. The van der Waals surface area contributed by atoms with Crippen molar-refractivity contribution < 1.29 is 13.9 Å². The highest BCUT2D eigenvalue weighted by molar-refractivity contribution is 7.71. The molecular formula is C23H17Cl2N3O3S. The van der Waals surface area contributed by atoms with Crippen LogP contribution in [0.25, 0.3) is 0 Å². The van der Waals surface area contributed by atoms with Crippen molar-refractivity contribution >= 4 is 52.7 Å². The number of hydrogen-bond acceptors (Lipinski definition) is 5. The number of amides is 1. The van der Waals surface area contributed by atoms with Crippen LogP contribution in [0.4, 0.5) is 11.4 Å². The number of halogens is 2. The number of benzene rings is 3. The first-order valence-electron chi connectivity index (χ1n) is 9.59. The topological polar surface area (TPSA) is 60.5 Å². The molecule has 0 radical (unpaired) electrons. The van der Waals surface area contributed by atoms with Gasteiger partial charge in [0.15, 0.2) is 6.61 Å². The second kappa shape index (κ2) is 9.99. The molecule has 6 nitrogen and oxygen atoms in total. The van der Waals surface area contributed by atoms with Crippen molar-refractivity contribution in [1.82, 2.24) is 9.78 Å². The lowest BCUT2D eigenvalue weighted by molar-refractivity contribution is -0.118. The van der Waals surface area contributed by atoms with Crippen molar-refractivity contribution in [3.8, 4) is 5.75 Å². The molecule has 0 aliphatic carbocycles. The first-order chi connectivity index (χ1) is 15.5. The average Bonchev–Trinajstić information content (AvgIpc) is 3.14. The number of nitrogens with zero attached hydrogens (tertiary/aromatic N) is 3. The fraction of sp³-hybridized carbons (Fsp3) is 0.0870. The summed E-state index contributed by atoms with van der Waals surface area (Å²) in [5.41, 5.74) is 1.47. The number of rotatable bonds is 7. The summed E-state index contributed by atoms with van der Waals surface area (Å²) in [6.45, 7) is -0.110. The van der Waals surface area contributed by atoms with Crippen LogP contribution in [0, 0.1) is 4.84 Å². The summed E-state index contributed by atoms with van der Waals surface area (Å²) in [6, 6.07) is 23.6. The van der Waals surface area contributed by atoms with Gasteiger partial charge in [-0.3, -0.25) is 9.69 Å². The lowest BCUT2D eigenvalue weighted by Gasteiger charge is -2.22. The molecule has 0 unspecified atom stereocenters. The zero-order valence-electron chi connectivity index (χ0n) is 16.7. The van der Waals surface area contributed by atoms with E-state index in [1.165, 1.54) is 4.68 Å². The highest BCUT2D eigenvalue weighted by Crippen LogP contribution is 2.28.